The average Bonchev–Trinajstić information content (AvgIpc) is 3.22. The first-order valence-electron chi connectivity index (χ1n) is 9.95. The van der Waals surface area contributed by atoms with Gasteiger partial charge in [-0.3, -0.25) is 14.9 Å². The summed E-state index contributed by atoms with van der Waals surface area (Å²) in [6, 6.07) is 10.2. The molecular weight excluding hydrogens is 411 g/mol. The van der Waals surface area contributed by atoms with Crippen molar-refractivity contribution in [2.45, 2.75) is 31.5 Å². The van der Waals surface area contributed by atoms with Gasteiger partial charge in [0.15, 0.2) is 5.41 Å². The number of fused-ring (bicyclic) bond motifs is 4. The minimum Gasteiger partial charge on any atom is -0.367 e. The molecule has 3 aliphatic rings. The van der Waals surface area contributed by atoms with Crippen LogP contribution in [0.15, 0.2) is 48.5 Å². The molecule has 2 atom stereocenters. The monoisotopic (exact) mass is 429 g/mol. The Kier molecular flexibility index (Phi) is 4.15. The van der Waals surface area contributed by atoms with Crippen LogP contribution >= 0.6 is 0 Å². The fraction of sp³-hybridized carbons (Fsp3) is 0.318. The molecule has 31 heavy (non-hydrogen) atoms. The van der Waals surface area contributed by atoms with Crippen LogP contribution in [0.25, 0.3) is 0 Å². The topological polar surface area (TPSA) is 69.7 Å². The average molecular weight is 429 g/mol. The van der Waals surface area contributed by atoms with E-state index < -0.39 is 41.0 Å². The second-order valence-corrected chi connectivity index (χ2v) is 8.08. The van der Waals surface area contributed by atoms with Gasteiger partial charge in [-0.15, -0.1) is 0 Å². The number of urea groups is 1. The number of halogens is 3. The lowest BCUT2D eigenvalue weighted by molar-refractivity contribution is -0.144. The Morgan fingerprint density at radius 1 is 1.03 bits per heavy atom. The summed E-state index contributed by atoms with van der Waals surface area (Å²) in [4.78, 5) is 42.3. The largest absolute Gasteiger partial charge is 0.416 e. The van der Waals surface area contributed by atoms with Gasteiger partial charge in [-0.05, 0) is 55.2 Å². The number of anilines is 2. The molecule has 2 aromatic rings. The number of carbonyl (C=O) groups excluding carboxylic acids is 3. The maximum atomic E-state index is 13.8. The van der Waals surface area contributed by atoms with Gasteiger partial charge in [-0.1, -0.05) is 18.2 Å². The van der Waals surface area contributed by atoms with Crippen LogP contribution in [0.1, 0.15) is 24.0 Å². The molecule has 0 aliphatic carbocycles. The minimum absolute atomic E-state index is 0.200. The summed E-state index contributed by atoms with van der Waals surface area (Å²) < 4.78 is 40.0. The quantitative estimate of drug-likeness (QED) is 0.705. The first-order chi connectivity index (χ1) is 14.7. The normalized spacial score (nSPS) is 25.5. The Morgan fingerprint density at radius 2 is 1.77 bits per heavy atom. The van der Waals surface area contributed by atoms with E-state index in [2.05, 4.69) is 5.32 Å². The zero-order chi connectivity index (χ0) is 22.0. The molecule has 4 amide bonds. The van der Waals surface area contributed by atoms with Gasteiger partial charge in [0.05, 0.1) is 17.3 Å². The fourth-order valence-electron chi connectivity index (χ4n) is 5.08. The predicted octanol–water partition coefficient (Wildman–Crippen LogP) is 3.50. The molecule has 3 heterocycles. The number of para-hydroxylation sites is 1. The van der Waals surface area contributed by atoms with E-state index >= 15 is 0 Å². The molecule has 0 saturated carbocycles. The van der Waals surface area contributed by atoms with Crippen molar-refractivity contribution < 1.29 is 27.6 Å². The Hall–Kier alpha value is -3.36. The SMILES string of the molecule is O=C1NC(=O)C2(Cc3cc(C(F)(F)F)ccc3N3CCCC32)C(=O)N1c1ccccc1. The Balaban J connectivity index is 1.66. The second-order valence-electron chi connectivity index (χ2n) is 8.08. The van der Waals surface area contributed by atoms with Crippen molar-refractivity contribution in [1.29, 1.82) is 0 Å². The van der Waals surface area contributed by atoms with E-state index in [0.717, 1.165) is 17.0 Å². The number of nitrogens with zero attached hydrogens (tertiary/aromatic N) is 2. The number of rotatable bonds is 1. The van der Waals surface area contributed by atoms with Crippen LogP contribution in [0.3, 0.4) is 0 Å². The highest BCUT2D eigenvalue weighted by Crippen LogP contribution is 2.49. The van der Waals surface area contributed by atoms with E-state index in [0.29, 0.717) is 30.8 Å². The molecule has 5 rings (SSSR count). The number of alkyl halides is 3. The molecule has 0 bridgehead atoms. The maximum Gasteiger partial charge on any atom is 0.416 e. The second kappa shape index (κ2) is 6.57. The van der Waals surface area contributed by atoms with Gasteiger partial charge in [0.1, 0.15) is 0 Å². The number of amides is 4. The summed E-state index contributed by atoms with van der Waals surface area (Å²) in [5.41, 5.74) is -1.34. The first kappa shape index (κ1) is 19.6. The van der Waals surface area contributed by atoms with E-state index in [9.17, 15) is 27.6 Å². The van der Waals surface area contributed by atoms with Gasteiger partial charge in [-0.2, -0.15) is 13.2 Å². The number of hydrogen-bond donors (Lipinski definition) is 1. The van der Waals surface area contributed by atoms with Gasteiger partial charge >= 0.3 is 12.2 Å². The van der Waals surface area contributed by atoms with Crippen LogP contribution < -0.4 is 15.1 Å². The lowest BCUT2D eigenvalue weighted by Crippen LogP contribution is -2.71. The van der Waals surface area contributed by atoms with Crippen LogP contribution in [0.5, 0.6) is 0 Å². The summed E-state index contributed by atoms with van der Waals surface area (Å²) in [5, 5.41) is 2.29. The molecule has 0 aromatic heterocycles. The molecule has 9 heteroatoms. The molecule has 1 spiro atoms. The van der Waals surface area contributed by atoms with Crippen molar-refractivity contribution in [3.8, 4) is 0 Å². The molecule has 3 aliphatic heterocycles. The maximum absolute atomic E-state index is 13.8. The van der Waals surface area contributed by atoms with E-state index in [1.165, 1.54) is 6.07 Å². The summed E-state index contributed by atoms with van der Waals surface area (Å²) in [6.07, 6.45) is -3.53. The highest BCUT2D eigenvalue weighted by atomic mass is 19.4. The number of carbonyl (C=O) groups is 3. The van der Waals surface area contributed by atoms with E-state index in [1.54, 1.807) is 30.3 Å². The van der Waals surface area contributed by atoms with Crippen molar-refractivity contribution in [1.82, 2.24) is 5.32 Å². The van der Waals surface area contributed by atoms with Gasteiger partial charge in [0.25, 0.3) is 5.91 Å². The van der Waals surface area contributed by atoms with Crippen molar-refractivity contribution in [2.75, 3.05) is 16.3 Å². The van der Waals surface area contributed by atoms with Crippen LogP contribution in [0.4, 0.5) is 29.3 Å². The van der Waals surface area contributed by atoms with E-state index in [4.69, 9.17) is 0 Å². The first-order valence-corrected chi connectivity index (χ1v) is 9.95. The smallest absolute Gasteiger partial charge is 0.367 e. The van der Waals surface area contributed by atoms with Crippen LogP contribution in [0.2, 0.25) is 0 Å². The highest BCUT2D eigenvalue weighted by Gasteiger charge is 2.63. The van der Waals surface area contributed by atoms with E-state index in [-0.39, 0.29) is 12.0 Å². The van der Waals surface area contributed by atoms with Gasteiger partial charge in [-0.25, -0.2) is 9.69 Å². The molecule has 2 aromatic carbocycles. The summed E-state index contributed by atoms with van der Waals surface area (Å²) in [5.74, 6) is -1.46. The zero-order valence-electron chi connectivity index (χ0n) is 16.3. The molecule has 0 radical (unpaired) electrons. The lowest BCUT2D eigenvalue weighted by atomic mass is 9.68. The molecule has 160 valence electrons. The van der Waals surface area contributed by atoms with Crippen LogP contribution in [-0.4, -0.2) is 30.4 Å². The molecule has 1 N–H and O–H groups in total. The van der Waals surface area contributed by atoms with Crippen molar-refractivity contribution >= 4 is 29.2 Å². The van der Waals surface area contributed by atoms with Crippen LogP contribution in [0, 0.1) is 5.41 Å². The summed E-state index contributed by atoms with van der Waals surface area (Å²) in [7, 11) is 0. The number of imide groups is 2. The van der Waals surface area contributed by atoms with Gasteiger partial charge in [0, 0.05) is 12.2 Å². The third kappa shape index (κ3) is 2.75. The van der Waals surface area contributed by atoms with Gasteiger partial charge in [0.2, 0.25) is 5.91 Å². The van der Waals surface area contributed by atoms with E-state index in [1.807, 2.05) is 4.90 Å². The summed E-state index contributed by atoms with van der Waals surface area (Å²) in [6.45, 7) is 0.518. The molecule has 2 unspecified atom stereocenters. The highest BCUT2D eigenvalue weighted by molar-refractivity contribution is 6.30. The van der Waals surface area contributed by atoms with Crippen molar-refractivity contribution in [3.05, 3.63) is 59.7 Å². The van der Waals surface area contributed by atoms with Crippen molar-refractivity contribution in [2.24, 2.45) is 5.41 Å². The lowest BCUT2D eigenvalue weighted by Gasteiger charge is -2.49. The number of benzene rings is 2. The standard InChI is InChI=1S/C22H18F3N3O3/c23-22(24,25)14-8-9-16-13(11-14)12-21(17-7-4-10-27(16)17)18(29)26-20(31)28(19(21)30)15-5-2-1-3-6-15/h1-3,5-6,8-9,11,17H,4,7,10,12H2,(H,26,29,31). The number of nitrogens with one attached hydrogen (secondary N) is 1. The molecule has 2 fully saturated rings. The predicted molar refractivity (Wildman–Crippen MR) is 105 cm³/mol. The summed E-state index contributed by atoms with van der Waals surface area (Å²) >= 11 is 0. The Bertz CT molecular complexity index is 1100. The van der Waals surface area contributed by atoms with Gasteiger partial charge < -0.3 is 4.90 Å². The van der Waals surface area contributed by atoms with Crippen molar-refractivity contribution in [3.63, 3.8) is 0 Å². The molecule has 6 nitrogen and oxygen atoms in total. The Labute approximate surface area is 175 Å². The Morgan fingerprint density at radius 3 is 2.48 bits per heavy atom. The minimum atomic E-state index is -4.55. The third-order valence-corrected chi connectivity index (χ3v) is 6.44. The fourth-order valence-corrected chi connectivity index (χ4v) is 5.08. The number of hydrogen-bond acceptors (Lipinski definition) is 4. The molecular formula is C22H18F3N3O3. The van der Waals surface area contributed by atoms with Crippen LogP contribution in [-0.2, 0) is 22.2 Å². The third-order valence-electron chi connectivity index (χ3n) is 6.44. The number of barbiturate groups is 1. The molecule has 2 saturated heterocycles. The zero-order valence-corrected chi connectivity index (χ0v) is 16.3.